The zero-order valence-corrected chi connectivity index (χ0v) is 20.1. The molecule has 2 aliphatic rings. The average Bonchev–Trinajstić information content (AvgIpc) is 3.19. The summed E-state index contributed by atoms with van der Waals surface area (Å²) in [6.07, 6.45) is -0.821. The van der Waals surface area contributed by atoms with Crippen LogP contribution in [0.15, 0.2) is 97.1 Å². The summed E-state index contributed by atoms with van der Waals surface area (Å²) >= 11 is 6.10. The zero-order valence-electron chi connectivity index (χ0n) is 19.4. The van der Waals surface area contributed by atoms with Crippen LogP contribution < -0.4 is 9.64 Å². The molecule has 7 rings (SSSR count). The molecule has 4 aromatic carbocycles. The van der Waals surface area contributed by atoms with Gasteiger partial charge in [0.2, 0.25) is 6.10 Å². The lowest BCUT2D eigenvalue weighted by Crippen LogP contribution is -2.74. The van der Waals surface area contributed by atoms with Gasteiger partial charge >= 0.3 is 0 Å². The molecule has 1 saturated heterocycles. The average molecular weight is 490 g/mol. The minimum Gasteiger partial charge on any atom is -0.477 e. The molecular weight excluding hydrogens is 470 g/mol. The molecule has 0 N–H and O–H groups in total. The molecule has 0 saturated carbocycles. The first-order valence-corrected chi connectivity index (χ1v) is 12.2. The second-order valence-electron chi connectivity index (χ2n) is 9.18. The first-order chi connectivity index (χ1) is 17.6. The van der Waals surface area contributed by atoms with Crippen molar-refractivity contribution in [2.75, 3.05) is 4.90 Å². The van der Waals surface area contributed by atoms with Crippen molar-refractivity contribution in [2.24, 2.45) is 0 Å². The van der Waals surface area contributed by atoms with Crippen LogP contribution in [0.5, 0.6) is 5.75 Å². The highest BCUT2D eigenvalue weighted by Gasteiger charge is 2.69. The van der Waals surface area contributed by atoms with E-state index in [4.69, 9.17) is 26.3 Å². The highest BCUT2D eigenvalue weighted by atomic mass is 35.5. The van der Waals surface area contributed by atoms with E-state index in [1.54, 1.807) is 24.3 Å². The Bertz CT molecular complexity index is 1670. The van der Waals surface area contributed by atoms with Crippen LogP contribution in [0.3, 0.4) is 0 Å². The standard InChI is InChI=1S/C30H20ClN3O2/c1-18-10-14-20(15-11-18)34-29(35)28(36-21-16-12-19(31)13-17-21)30(34)23-7-3-2-6-22(23)26-27(30)33-25-9-5-4-8-24(25)32-26/h2-17,28H,1H3/t28-,30+/m0/s1. The highest BCUT2D eigenvalue weighted by molar-refractivity contribution is 6.30. The van der Waals surface area contributed by atoms with Crippen molar-refractivity contribution in [3.8, 4) is 17.0 Å². The summed E-state index contributed by atoms with van der Waals surface area (Å²) in [5.41, 5.74) is 5.94. The predicted octanol–water partition coefficient (Wildman–Crippen LogP) is 6.31. The molecule has 0 unspecified atom stereocenters. The van der Waals surface area contributed by atoms with Crippen molar-refractivity contribution in [2.45, 2.75) is 18.6 Å². The molecule has 2 heterocycles. The molecule has 0 radical (unpaired) electrons. The van der Waals surface area contributed by atoms with Gasteiger partial charge in [-0.25, -0.2) is 9.97 Å². The van der Waals surface area contributed by atoms with E-state index in [0.717, 1.165) is 44.8 Å². The number of para-hydroxylation sites is 2. The smallest absolute Gasteiger partial charge is 0.272 e. The van der Waals surface area contributed by atoms with E-state index in [2.05, 4.69) is 6.07 Å². The van der Waals surface area contributed by atoms with Crippen molar-refractivity contribution in [3.63, 3.8) is 0 Å². The number of halogens is 1. The Labute approximate surface area is 213 Å². The van der Waals surface area contributed by atoms with E-state index < -0.39 is 11.6 Å². The number of fused-ring (bicyclic) bond motifs is 6. The number of amides is 1. The van der Waals surface area contributed by atoms with Crippen molar-refractivity contribution < 1.29 is 9.53 Å². The Morgan fingerprint density at radius 3 is 2.25 bits per heavy atom. The maximum absolute atomic E-state index is 13.9. The number of aromatic nitrogens is 2. The van der Waals surface area contributed by atoms with Gasteiger partial charge in [0, 0.05) is 16.3 Å². The predicted molar refractivity (Wildman–Crippen MR) is 140 cm³/mol. The molecule has 1 aromatic heterocycles. The minimum absolute atomic E-state index is 0.133. The maximum atomic E-state index is 13.9. The molecule has 1 aliphatic heterocycles. The van der Waals surface area contributed by atoms with E-state index in [9.17, 15) is 4.79 Å². The minimum atomic E-state index is -0.963. The first kappa shape index (κ1) is 21.1. The van der Waals surface area contributed by atoms with Crippen molar-refractivity contribution >= 4 is 34.2 Å². The van der Waals surface area contributed by atoms with Gasteiger partial charge < -0.3 is 4.74 Å². The molecule has 174 valence electrons. The van der Waals surface area contributed by atoms with Crippen LogP contribution in [0.4, 0.5) is 5.69 Å². The fourth-order valence-corrected chi connectivity index (χ4v) is 5.55. The summed E-state index contributed by atoms with van der Waals surface area (Å²) in [4.78, 5) is 25.9. The number of anilines is 1. The molecule has 5 aromatic rings. The lowest BCUT2D eigenvalue weighted by atomic mass is 9.74. The third kappa shape index (κ3) is 2.80. The van der Waals surface area contributed by atoms with Crippen LogP contribution in [-0.2, 0) is 10.3 Å². The maximum Gasteiger partial charge on any atom is 0.272 e. The van der Waals surface area contributed by atoms with E-state index in [-0.39, 0.29) is 5.91 Å². The van der Waals surface area contributed by atoms with Gasteiger partial charge in [-0.3, -0.25) is 9.69 Å². The molecule has 2 atom stereocenters. The number of rotatable bonds is 3. The number of β-lactam (4-membered cyclic amide) rings is 1. The Morgan fingerprint density at radius 1 is 0.833 bits per heavy atom. The molecular formula is C30H20ClN3O2. The van der Waals surface area contributed by atoms with Gasteiger partial charge in [0.15, 0.2) is 5.54 Å². The van der Waals surface area contributed by atoms with Gasteiger partial charge in [0.25, 0.3) is 5.91 Å². The molecule has 6 heteroatoms. The number of carbonyl (C=O) groups is 1. The van der Waals surface area contributed by atoms with E-state index in [0.29, 0.717) is 10.8 Å². The number of carbonyl (C=O) groups excluding carboxylic acids is 1. The summed E-state index contributed by atoms with van der Waals surface area (Å²) in [7, 11) is 0. The second-order valence-corrected chi connectivity index (χ2v) is 9.62. The normalized spacial score (nSPS) is 19.8. The van der Waals surface area contributed by atoms with Crippen LogP contribution in [-0.4, -0.2) is 22.0 Å². The largest absolute Gasteiger partial charge is 0.477 e. The number of hydrogen-bond acceptors (Lipinski definition) is 4. The van der Waals surface area contributed by atoms with Crippen LogP contribution in [0, 0.1) is 6.92 Å². The molecule has 0 bridgehead atoms. The fourth-order valence-electron chi connectivity index (χ4n) is 5.43. The van der Waals surface area contributed by atoms with Gasteiger partial charge in [0.1, 0.15) is 11.4 Å². The summed E-state index contributed by atoms with van der Waals surface area (Å²) in [5, 5.41) is 0.604. The molecule has 36 heavy (non-hydrogen) atoms. The molecule has 5 nitrogen and oxygen atoms in total. The third-order valence-corrected chi connectivity index (χ3v) is 7.31. The van der Waals surface area contributed by atoms with E-state index in [1.165, 1.54) is 0 Å². The van der Waals surface area contributed by atoms with E-state index >= 15 is 0 Å². The number of nitrogens with zero attached hydrogens (tertiary/aromatic N) is 3. The SMILES string of the molecule is Cc1ccc(N2C(=O)[C@H](Oc3ccc(Cl)cc3)[C@]23c2ccccc2-c2nc4ccccc4nc23)cc1. The van der Waals surface area contributed by atoms with E-state index in [1.807, 2.05) is 78.6 Å². The van der Waals surface area contributed by atoms with Crippen LogP contribution in [0.2, 0.25) is 5.02 Å². The summed E-state index contributed by atoms with van der Waals surface area (Å²) < 4.78 is 6.44. The Morgan fingerprint density at radius 2 is 1.50 bits per heavy atom. The summed E-state index contributed by atoms with van der Waals surface area (Å²) in [6, 6.07) is 30.9. The molecule has 1 spiro atoms. The third-order valence-electron chi connectivity index (χ3n) is 7.06. The topological polar surface area (TPSA) is 55.3 Å². The van der Waals surface area contributed by atoms with Gasteiger partial charge in [-0.2, -0.15) is 0 Å². The van der Waals surface area contributed by atoms with Crippen LogP contribution in [0.25, 0.3) is 22.3 Å². The monoisotopic (exact) mass is 489 g/mol. The lowest BCUT2D eigenvalue weighted by molar-refractivity contribution is -0.139. The molecule has 1 fully saturated rings. The second kappa shape index (κ2) is 7.64. The first-order valence-electron chi connectivity index (χ1n) is 11.8. The molecule has 1 aliphatic carbocycles. The summed E-state index contributed by atoms with van der Waals surface area (Å²) in [5.74, 6) is 0.437. The zero-order chi connectivity index (χ0) is 24.4. The number of aryl methyl sites for hydroxylation is 1. The lowest BCUT2D eigenvalue weighted by Gasteiger charge is -2.54. The number of benzene rings is 4. The Kier molecular flexibility index (Phi) is 4.48. The van der Waals surface area contributed by atoms with Crippen molar-refractivity contribution in [1.29, 1.82) is 0 Å². The van der Waals surface area contributed by atoms with Gasteiger partial charge in [0.05, 0.1) is 16.7 Å². The Balaban J connectivity index is 1.51. The highest BCUT2D eigenvalue weighted by Crippen LogP contribution is 2.58. The summed E-state index contributed by atoms with van der Waals surface area (Å²) in [6.45, 7) is 2.03. The van der Waals surface area contributed by atoms with Crippen molar-refractivity contribution in [3.05, 3.63) is 119 Å². The molecule has 1 amide bonds. The van der Waals surface area contributed by atoms with Crippen LogP contribution in [0.1, 0.15) is 16.8 Å². The Hall–Kier alpha value is -4.22. The van der Waals surface area contributed by atoms with Crippen molar-refractivity contribution in [1.82, 2.24) is 9.97 Å². The van der Waals surface area contributed by atoms with Gasteiger partial charge in [-0.1, -0.05) is 65.7 Å². The number of ether oxygens (including phenoxy) is 1. The van der Waals surface area contributed by atoms with Crippen LogP contribution >= 0.6 is 11.6 Å². The fraction of sp³-hybridized carbons (Fsp3) is 0.100. The quantitative estimate of drug-likeness (QED) is 0.279. The van der Waals surface area contributed by atoms with Gasteiger partial charge in [-0.15, -0.1) is 0 Å². The van der Waals surface area contributed by atoms with Gasteiger partial charge in [-0.05, 0) is 61.0 Å². The number of hydrogen-bond donors (Lipinski definition) is 0.